The number of nitrogens with one attached hydrogen (secondary N) is 1. The Hall–Kier alpha value is -0.460. The van der Waals surface area contributed by atoms with Crippen molar-refractivity contribution in [2.24, 2.45) is 5.92 Å². The first-order valence-corrected chi connectivity index (χ1v) is 10.7. The Balaban J connectivity index is 0.00000225. The maximum atomic E-state index is 12.4. The molecule has 0 aromatic rings. The van der Waals surface area contributed by atoms with Crippen LogP contribution in [0.4, 0.5) is 0 Å². The second-order valence-corrected chi connectivity index (χ2v) is 8.53. The van der Waals surface area contributed by atoms with Crippen molar-refractivity contribution in [2.45, 2.75) is 51.0 Å². The molecule has 1 unspecified atom stereocenters. The predicted octanol–water partition coefficient (Wildman–Crippen LogP) is 2.14. The van der Waals surface area contributed by atoms with Crippen LogP contribution >= 0.6 is 24.2 Å². The zero-order valence-electron chi connectivity index (χ0n) is 15.1. The van der Waals surface area contributed by atoms with Gasteiger partial charge >= 0.3 is 0 Å². The standard InChI is InChI=1S/C18H31N3O2S.ClH/c22-17(6-5-15-3-1-2-4-15)20-8-10-21(11-9-20)18(23)13-16-14-24-12-7-19-16;/h15-16,19H,1-14H2;1H. The van der Waals surface area contributed by atoms with Crippen molar-refractivity contribution in [3.8, 4) is 0 Å². The molecule has 0 bridgehead atoms. The van der Waals surface area contributed by atoms with Gasteiger partial charge in [0.05, 0.1) is 0 Å². The molecule has 2 aliphatic heterocycles. The van der Waals surface area contributed by atoms with Crippen LogP contribution in [0, 0.1) is 5.92 Å². The lowest BCUT2D eigenvalue weighted by Crippen LogP contribution is -2.52. The fraction of sp³-hybridized carbons (Fsp3) is 0.889. The molecule has 5 nitrogen and oxygen atoms in total. The Morgan fingerprint density at radius 1 is 1.00 bits per heavy atom. The van der Waals surface area contributed by atoms with Crippen LogP contribution in [0.15, 0.2) is 0 Å². The molecule has 0 spiro atoms. The van der Waals surface area contributed by atoms with E-state index in [-0.39, 0.29) is 18.3 Å². The quantitative estimate of drug-likeness (QED) is 0.782. The molecule has 1 atom stereocenters. The molecule has 1 N–H and O–H groups in total. The van der Waals surface area contributed by atoms with Crippen LogP contribution in [0.1, 0.15) is 44.9 Å². The minimum Gasteiger partial charge on any atom is -0.339 e. The van der Waals surface area contributed by atoms with Gasteiger partial charge in [-0.1, -0.05) is 25.7 Å². The van der Waals surface area contributed by atoms with E-state index in [0.717, 1.165) is 30.4 Å². The molecular formula is C18H32ClN3O2S. The molecular weight excluding hydrogens is 358 g/mol. The Bertz CT molecular complexity index is 432. The summed E-state index contributed by atoms with van der Waals surface area (Å²) in [7, 11) is 0. The van der Waals surface area contributed by atoms with E-state index in [9.17, 15) is 9.59 Å². The minimum atomic E-state index is 0. The first kappa shape index (κ1) is 20.8. The normalized spacial score (nSPS) is 24.9. The number of rotatable bonds is 5. The molecule has 0 aromatic carbocycles. The summed E-state index contributed by atoms with van der Waals surface area (Å²) >= 11 is 1.93. The summed E-state index contributed by atoms with van der Waals surface area (Å²) in [5.41, 5.74) is 0. The topological polar surface area (TPSA) is 52.7 Å². The molecule has 1 saturated carbocycles. The fourth-order valence-electron chi connectivity index (χ4n) is 4.08. The van der Waals surface area contributed by atoms with Gasteiger partial charge in [0.2, 0.25) is 11.8 Å². The predicted molar refractivity (Wildman–Crippen MR) is 105 cm³/mol. The van der Waals surface area contributed by atoms with E-state index >= 15 is 0 Å². The number of carbonyl (C=O) groups excluding carboxylic acids is 2. The van der Waals surface area contributed by atoms with E-state index in [1.165, 1.54) is 25.7 Å². The highest BCUT2D eigenvalue weighted by Gasteiger charge is 2.26. The summed E-state index contributed by atoms with van der Waals surface area (Å²) in [6.07, 6.45) is 7.65. The molecule has 7 heteroatoms. The first-order valence-electron chi connectivity index (χ1n) is 9.59. The molecule has 0 aromatic heterocycles. The monoisotopic (exact) mass is 389 g/mol. The summed E-state index contributed by atoms with van der Waals surface area (Å²) in [5, 5.41) is 3.43. The van der Waals surface area contributed by atoms with E-state index in [4.69, 9.17) is 0 Å². The van der Waals surface area contributed by atoms with E-state index < -0.39 is 0 Å². The zero-order valence-corrected chi connectivity index (χ0v) is 16.7. The molecule has 2 saturated heterocycles. The highest BCUT2D eigenvalue weighted by molar-refractivity contribution is 7.99. The van der Waals surface area contributed by atoms with Crippen LogP contribution in [0.3, 0.4) is 0 Å². The van der Waals surface area contributed by atoms with Crippen molar-refractivity contribution >= 4 is 36.0 Å². The number of thioether (sulfide) groups is 1. The number of piperazine rings is 1. The van der Waals surface area contributed by atoms with Gasteiger partial charge in [0.1, 0.15) is 0 Å². The summed E-state index contributed by atoms with van der Waals surface area (Å²) in [6, 6.07) is 0.322. The summed E-state index contributed by atoms with van der Waals surface area (Å²) in [5.74, 6) is 3.49. The zero-order chi connectivity index (χ0) is 16.8. The van der Waals surface area contributed by atoms with Gasteiger partial charge in [0.15, 0.2) is 0 Å². The molecule has 1 aliphatic carbocycles. The van der Waals surface area contributed by atoms with Gasteiger partial charge in [0.25, 0.3) is 0 Å². The molecule has 0 radical (unpaired) electrons. The first-order chi connectivity index (χ1) is 11.7. The maximum Gasteiger partial charge on any atom is 0.224 e. The van der Waals surface area contributed by atoms with Crippen molar-refractivity contribution < 1.29 is 9.59 Å². The second kappa shape index (κ2) is 10.6. The van der Waals surface area contributed by atoms with Gasteiger partial charge in [-0.15, -0.1) is 12.4 Å². The third-order valence-electron chi connectivity index (χ3n) is 5.65. The van der Waals surface area contributed by atoms with E-state index in [1.807, 2.05) is 21.6 Å². The van der Waals surface area contributed by atoms with Gasteiger partial charge in [0, 0.05) is 63.1 Å². The Labute approximate surface area is 162 Å². The maximum absolute atomic E-state index is 12.4. The Morgan fingerprint density at radius 3 is 2.24 bits per heavy atom. The highest BCUT2D eigenvalue weighted by atomic mass is 35.5. The molecule has 3 rings (SSSR count). The summed E-state index contributed by atoms with van der Waals surface area (Å²) in [6.45, 7) is 3.83. The van der Waals surface area contributed by atoms with Gasteiger partial charge in [-0.25, -0.2) is 0 Å². The van der Waals surface area contributed by atoms with E-state index in [2.05, 4.69) is 5.32 Å². The second-order valence-electron chi connectivity index (χ2n) is 7.38. The van der Waals surface area contributed by atoms with Crippen LogP contribution in [0.25, 0.3) is 0 Å². The van der Waals surface area contributed by atoms with Crippen LogP contribution in [0.5, 0.6) is 0 Å². The third kappa shape index (κ3) is 6.33. The van der Waals surface area contributed by atoms with E-state index in [1.54, 1.807) is 0 Å². The van der Waals surface area contributed by atoms with Gasteiger partial charge in [-0.2, -0.15) is 11.8 Å². The Kier molecular flexibility index (Phi) is 8.87. The molecule has 3 aliphatic rings. The Morgan fingerprint density at radius 2 is 1.64 bits per heavy atom. The number of hydrogen-bond acceptors (Lipinski definition) is 4. The number of halogens is 1. The molecule has 25 heavy (non-hydrogen) atoms. The number of hydrogen-bond donors (Lipinski definition) is 1. The SMILES string of the molecule is Cl.O=C(CCC1CCCC1)N1CCN(C(=O)CC2CSCCN2)CC1. The third-order valence-corrected chi connectivity index (χ3v) is 6.78. The van der Waals surface area contributed by atoms with Crippen LogP contribution in [-0.2, 0) is 9.59 Å². The number of amides is 2. The molecule has 144 valence electrons. The lowest BCUT2D eigenvalue weighted by atomic mass is 10.0. The van der Waals surface area contributed by atoms with Crippen LogP contribution < -0.4 is 5.32 Å². The van der Waals surface area contributed by atoms with Crippen molar-refractivity contribution in [2.75, 3.05) is 44.2 Å². The average molecular weight is 390 g/mol. The largest absolute Gasteiger partial charge is 0.339 e. The minimum absolute atomic E-state index is 0. The number of nitrogens with zero attached hydrogens (tertiary/aromatic N) is 2. The van der Waals surface area contributed by atoms with Gasteiger partial charge < -0.3 is 15.1 Å². The van der Waals surface area contributed by atoms with Gasteiger partial charge in [-0.05, 0) is 12.3 Å². The lowest BCUT2D eigenvalue weighted by molar-refractivity contribution is -0.140. The lowest BCUT2D eigenvalue weighted by Gasteiger charge is -2.36. The smallest absolute Gasteiger partial charge is 0.224 e. The summed E-state index contributed by atoms with van der Waals surface area (Å²) < 4.78 is 0. The van der Waals surface area contributed by atoms with E-state index in [0.29, 0.717) is 51.0 Å². The van der Waals surface area contributed by atoms with Crippen LogP contribution in [0.2, 0.25) is 0 Å². The van der Waals surface area contributed by atoms with Crippen LogP contribution in [-0.4, -0.2) is 71.9 Å². The van der Waals surface area contributed by atoms with Crippen molar-refractivity contribution in [3.63, 3.8) is 0 Å². The summed E-state index contributed by atoms with van der Waals surface area (Å²) in [4.78, 5) is 28.7. The van der Waals surface area contributed by atoms with Crippen molar-refractivity contribution in [3.05, 3.63) is 0 Å². The molecule has 2 heterocycles. The molecule has 3 fully saturated rings. The molecule has 2 amide bonds. The van der Waals surface area contributed by atoms with Crippen molar-refractivity contribution in [1.82, 2.24) is 15.1 Å². The van der Waals surface area contributed by atoms with Gasteiger partial charge in [-0.3, -0.25) is 9.59 Å². The highest BCUT2D eigenvalue weighted by Crippen LogP contribution is 2.28. The number of carbonyl (C=O) groups is 2. The average Bonchev–Trinajstić information content (AvgIpc) is 3.14. The van der Waals surface area contributed by atoms with Crippen molar-refractivity contribution in [1.29, 1.82) is 0 Å². The fourth-order valence-corrected chi connectivity index (χ4v) is 5.03.